The Labute approximate surface area is 202 Å². The first-order chi connectivity index (χ1) is 16.5. The monoisotopic (exact) mass is 493 g/mol. The number of aromatic amines is 1. The van der Waals surface area contributed by atoms with Gasteiger partial charge < -0.3 is 15.0 Å². The molecule has 1 heterocycles. The van der Waals surface area contributed by atoms with Gasteiger partial charge in [0.05, 0.1) is 17.8 Å². The minimum Gasteiger partial charge on any atom is -0.497 e. The van der Waals surface area contributed by atoms with Gasteiger partial charge in [-0.1, -0.05) is 72.4 Å². The maximum Gasteiger partial charge on any atom is 0.230 e. The summed E-state index contributed by atoms with van der Waals surface area (Å²) in [7, 11) is -2.25. The Morgan fingerprint density at radius 2 is 1.62 bits per heavy atom. The number of ether oxygens (including phenoxy) is 1. The van der Waals surface area contributed by atoms with Crippen molar-refractivity contribution in [2.75, 3.05) is 12.9 Å². The molecule has 174 valence electrons. The lowest BCUT2D eigenvalue weighted by atomic mass is 10.2. The van der Waals surface area contributed by atoms with Crippen molar-refractivity contribution >= 4 is 27.5 Å². The zero-order valence-corrected chi connectivity index (χ0v) is 20.0. The molecule has 0 saturated heterocycles. The SMILES string of the molecule is COc1ccc(CNC(=O)CSc2nc(-c3ccccc3)[nH]c2S(=O)(=O)c2ccccc2)cc1. The molecule has 0 atom stereocenters. The number of nitrogens with zero attached hydrogens (tertiary/aromatic N) is 1. The maximum absolute atomic E-state index is 13.3. The number of nitrogens with one attached hydrogen (secondary N) is 2. The van der Waals surface area contributed by atoms with Gasteiger partial charge in [0, 0.05) is 12.1 Å². The van der Waals surface area contributed by atoms with Gasteiger partial charge in [0.15, 0.2) is 5.03 Å². The molecule has 0 aliphatic rings. The molecule has 7 nitrogen and oxygen atoms in total. The van der Waals surface area contributed by atoms with Crippen molar-refractivity contribution in [2.45, 2.75) is 21.5 Å². The van der Waals surface area contributed by atoms with Gasteiger partial charge in [-0.25, -0.2) is 13.4 Å². The summed E-state index contributed by atoms with van der Waals surface area (Å²) in [5.41, 5.74) is 1.68. The van der Waals surface area contributed by atoms with Crippen molar-refractivity contribution in [1.82, 2.24) is 15.3 Å². The van der Waals surface area contributed by atoms with Crippen LogP contribution in [-0.4, -0.2) is 37.2 Å². The maximum atomic E-state index is 13.3. The summed E-state index contributed by atoms with van der Waals surface area (Å²) >= 11 is 1.08. The van der Waals surface area contributed by atoms with Crippen molar-refractivity contribution in [1.29, 1.82) is 0 Å². The molecular weight excluding hydrogens is 470 g/mol. The fourth-order valence-corrected chi connectivity index (χ4v) is 5.67. The molecule has 34 heavy (non-hydrogen) atoms. The first kappa shape index (κ1) is 23.6. The van der Waals surface area contributed by atoms with Gasteiger partial charge in [0.2, 0.25) is 15.7 Å². The minimum absolute atomic E-state index is 0.0204. The van der Waals surface area contributed by atoms with Crippen molar-refractivity contribution < 1.29 is 17.9 Å². The third-order valence-corrected chi connectivity index (χ3v) is 7.83. The summed E-state index contributed by atoms with van der Waals surface area (Å²) in [5.74, 6) is 0.960. The largest absolute Gasteiger partial charge is 0.497 e. The third-order valence-electron chi connectivity index (χ3n) is 5.00. The molecular formula is C25H23N3O4S2. The van der Waals surface area contributed by atoms with Crippen LogP contribution in [0.25, 0.3) is 11.4 Å². The summed E-state index contributed by atoms with van der Waals surface area (Å²) in [5, 5.41) is 3.08. The predicted octanol–water partition coefficient (Wildman–Crippen LogP) is 4.33. The summed E-state index contributed by atoms with van der Waals surface area (Å²) in [6.45, 7) is 0.356. The molecule has 0 aliphatic heterocycles. The van der Waals surface area contributed by atoms with E-state index in [1.807, 2.05) is 54.6 Å². The molecule has 0 bridgehead atoms. The van der Waals surface area contributed by atoms with E-state index >= 15 is 0 Å². The molecule has 0 radical (unpaired) electrons. The number of amides is 1. The van der Waals surface area contributed by atoms with Crippen molar-refractivity contribution in [3.63, 3.8) is 0 Å². The van der Waals surface area contributed by atoms with E-state index in [1.54, 1.807) is 25.3 Å². The molecule has 1 aromatic heterocycles. The van der Waals surface area contributed by atoms with Crippen LogP contribution in [0, 0.1) is 0 Å². The Bertz CT molecular complexity index is 1350. The number of thioether (sulfide) groups is 1. The Morgan fingerprint density at radius 3 is 2.26 bits per heavy atom. The molecule has 1 amide bonds. The van der Waals surface area contributed by atoms with Crippen LogP contribution in [0.4, 0.5) is 0 Å². The summed E-state index contributed by atoms with van der Waals surface area (Å²) < 4.78 is 31.8. The molecule has 4 aromatic rings. The number of hydrogen-bond acceptors (Lipinski definition) is 6. The van der Waals surface area contributed by atoms with E-state index < -0.39 is 9.84 Å². The van der Waals surface area contributed by atoms with E-state index in [-0.39, 0.29) is 26.6 Å². The van der Waals surface area contributed by atoms with Crippen LogP contribution in [-0.2, 0) is 21.2 Å². The summed E-state index contributed by atoms with van der Waals surface area (Å²) in [6, 6.07) is 24.8. The second-order valence-corrected chi connectivity index (χ2v) is 10.2. The highest BCUT2D eigenvalue weighted by Gasteiger charge is 2.26. The molecule has 0 unspecified atom stereocenters. The topological polar surface area (TPSA) is 101 Å². The lowest BCUT2D eigenvalue weighted by molar-refractivity contribution is -0.118. The van der Waals surface area contributed by atoms with E-state index in [4.69, 9.17) is 4.74 Å². The summed E-state index contributed by atoms with van der Waals surface area (Å²) in [4.78, 5) is 20.1. The first-order valence-corrected chi connectivity index (χ1v) is 12.9. The van der Waals surface area contributed by atoms with Gasteiger partial charge in [-0.15, -0.1) is 0 Å². The number of benzene rings is 3. The molecule has 0 saturated carbocycles. The van der Waals surface area contributed by atoms with Crippen molar-refractivity contribution in [3.05, 3.63) is 90.5 Å². The lowest BCUT2D eigenvalue weighted by Crippen LogP contribution is -2.24. The van der Waals surface area contributed by atoms with Crippen molar-refractivity contribution in [3.8, 4) is 17.1 Å². The quantitative estimate of drug-likeness (QED) is 0.337. The zero-order chi connectivity index (χ0) is 24.0. The van der Waals surface area contributed by atoms with Crippen LogP contribution in [0.15, 0.2) is 99.9 Å². The average Bonchev–Trinajstić information content (AvgIpc) is 3.33. The Kier molecular flexibility index (Phi) is 7.34. The highest BCUT2D eigenvalue weighted by molar-refractivity contribution is 8.00. The molecule has 3 aromatic carbocycles. The van der Waals surface area contributed by atoms with Crippen LogP contribution in [0.1, 0.15) is 5.56 Å². The molecule has 0 spiro atoms. The number of carbonyl (C=O) groups excluding carboxylic acids is 1. The van der Waals surface area contributed by atoms with E-state index in [1.165, 1.54) is 12.1 Å². The average molecular weight is 494 g/mol. The van der Waals surface area contributed by atoms with Crippen molar-refractivity contribution in [2.24, 2.45) is 0 Å². The van der Waals surface area contributed by atoms with E-state index in [2.05, 4.69) is 15.3 Å². The van der Waals surface area contributed by atoms with Gasteiger partial charge in [-0.3, -0.25) is 4.79 Å². The Morgan fingerprint density at radius 1 is 0.971 bits per heavy atom. The number of methoxy groups -OCH3 is 1. The highest BCUT2D eigenvalue weighted by Crippen LogP contribution is 2.32. The number of carbonyl (C=O) groups is 1. The number of sulfone groups is 1. The van der Waals surface area contributed by atoms with Crippen LogP contribution < -0.4 is 10.1 Å². The smallest absolute Gasteiger partial charge is 0.230 e. The number of rotatable bonds is 9. The van der Waals surface area contributed by atoms with E-state index in [0.717, 1.165) is 28.6 Å². The molecule has 4 rings (SSSR count). The predicted molar refractivity (Wildman–Crippen MR) is 131 cm³/mol. The van der Waals surface area contributed by atoms with E-state index in [9.17, 15) is 13.2 Å². The fourth-order valence-electron chi connectivity index (χ4n) is 3.20. The standard InChI is InChI=1S/C25H23N3O4S2/c1-32-20-14-12-18(13-15-20)16-26-22(29)17-33-24-25(34(30,31)21-10-6-3-7-11-21)28-23(27-24)19-8-4-2-5-9-19/h2-15H,16-17H2,1H3,(H,26,29)(H,27,28). The lowest BCUT2D eigenvalue weighted by Gasteiger charge is -2.07. The van der Waals surface area contributed by atoms with Gasteiger partial charge in [-0.05, 0) is 29.8 Å². The van der Waals surface area contributed by atoms with Crippen LogP contribution in [0.5, 0.6) is 5.75 Å². The normalized spacial score (nSPS) is 11.2. The van der Waals surface area contributed by atoms with Crippen LogP contribution in [0.3, 0.4) is 0 Å². The van der Waals surface area contributed by atoms with E-state index in [0.29, 0.717) is 12.4 Å². The number of imidazole rings is 1. The van der Waals surface area contributed by atoms with Gasteiger partial charge >= 0.3 is 0 Å². The highest BCUT2D eigenvalue weighted by atomic mass is 32.2. The van der Waals surface area contributed by atoms with Gasteiger partial charge in [0.25, 0.3) is 0 Å². The first-order valence-electron chi connectivity index (χ1n) is 10.5. The minimum atomic E-state index is -3.85. The number of H-pyrrole nitrogens is 1. The van der Waals surface area contributed by atoms with Crippen LogP contribution >= 0.6 is 11.8 Å². The number of hydrogen-bond donors (Lipinski definition) is 2. The molecule has 2 N–H and O–H groups in total. The van der Waals surface area contributed by atoms with Crippen LogP contribution in [0.2, 0.25) is 0 Å². The second kappa shape index (κ2) is 10.6. The Hall–Kier alpha value is -3.56. The molecule has 0 aliphatic carbocycles. The zero-order valence-electron chi connectivity index (χ0n) is 18.4. The molecule has 9 heteroatoms. The Balaban J connectivity index is 1.53. The summed E-state index contributed by atoms with van der Waals surface area (Å²) in [6.07, 6.45) is 0. The fraction of sp³-hybridized carbons (Fsp3) is 0.120. The second-order valence-electron chi connectivity index (χ2n) is 7.32. The van der Waals surface area contributed by atoms with Gasteiger partial charge in [-0.2, -0.15) is 0 Å². The molecule has 0 fully saturated rings. The third kappa shape index (κ3) is 5.49. The van der Waals surface area contributed by atoms with Gasteiger partial charge in [0.1, 0.15) is 16.6 Å². The number of aromatic nitrogens is 2.